The first-order valence-corrected chi connectivity index (χ1v) is 8.28. The first kappa shape index (κ1) is 16.2. The van der Waals surface area contributed by atoms with Crippen molar-refractivity contribution in [3.8, 4) is 0 Å². The highest BCUT2D eigenvalue weighted by Gasteiger charge is 2.18. The van der Waals surface area contributed by atoms with Gasteiger partial charge in [0.15, 0.2) is 0 Å². The number of nitrogens with zero attached hydrogens (tertiary/aromatic N) is 3. The summed E-state index contributed by atoms with van der Waals surface area (Å²) in [5.74, 6) is 0. The van der Waals surface area contributed by atoms with Gasteiger partial charge in [0, 0.05) is 41.7 Å². The fraction of sp³-hybridized carbons (Fsp3) is 0.500. The number of aromatic nitrogens is 3. The summed E-state index contributed by atoms with van der Waals surface area (Å²) in [4.78, 5) is 4.26. The van der Waals surface area contributed by atoms with Gasteiger partial charge in [-0.15, -0.1) is 0 Å². The van der Waals surface area contributed by atoms with E-state index in [2.05, 4.69) is 57.4 Å². The van der Waals surface area contributed by atoms with Crippen LogP contribution in [0.3, 0.4) is 0 Å². The monoisotopic (exact) mass is 350 g/mol. The van der Waals surface area contributed by atoms with Gasteiger partial charge in [0.1, 0.15) is 0 Å². The van der Waals surface area contributed by atoms with Crippen LogP contribution >= 0.6 is 15.9 Å². The van der Waals surface area contributed by atoms with Crippen molar-refractivity contribution in [2.24, 2.45) is 7.05 Å². The van der Waals surface area contributed by atoms with Crippen molar-refractivity contribution in [3.05, 3.63) is 46.0 Å². The maximum absolute atomic E-state index is 4.57. The van der Waals surface area contributed by atoms with Crippen LogP contribution in [0.15, 0.2) is 29.1 Å². The number of rotatable bonds is 7. The minimum Gasteiger partial charge on any atom is -0.310 e. The highest BCUT2D eigenvalue weighted by Crippen LogP contribution is 2.23. The molecule has 0 amide bonds. The van der Waals surface area contributed by atoms with Crippen LogP contribution in [0.4, 0.5) is 0 Å². The highest BCUT2D eigenvalue weighted by atomic mass is 79.9. The molecule has 2 aromatic heterocycles. The maximum atomic E-state index is 4.57. The molecular formula is C16H23BrN4. The number of pyridine rings is 1. The predicted molar refractivity (Wildman–Crippen MR) is 89.3 cm³/mol. The Hall–Kier alpha value is -1.20. The van der Waals surface area contributed by atoms with Gasteiger partial charge in [-0.2, -0.15) is 5.10 Å². The Morgan fingerprint density at radius 3 is 2.81 bits per heavy atom. The van der Waals surface area contributed by atoms with E-state index in [1.807, 2.05) is 24.1 Å². The van der Waals surface area contributed by atoms with Crippen molar-refractivity contribution >= 4 is 15.9 Å². The highest BCUT2D eigenvalue weighted by molar-refractivity contribution is 9.10. The molecule has 0 saturated carbocycles. The Balaban J connectivity index is 2.25. The van der Waals surface area contributed by atoms with E-state index in [0.29, 0.717) is 0 Å². The number of hydrogen-bond acceptors (Lipinski definition) is 3. The third-order valence-electron chi connectivity index (χ3n) is 3.49. The SMILES string of the molecule is CCCNC(Cc1cncc(Br)c1)c1cn(C)nc1CC. The molecule has 1 N–H and O–H groups in total. The molecule has 0 bridgehead atoms. The molecule has 1 atom stereocenters. The molecule has 21 heavy (non-hydrogen) atoms. The fourth-order valence-corrected chi connectivity index (χ4v) is 2.94. The molecule has 0 aromatic carbocycles. The van der Waals surface area contributed by atoms with E-state index < -0.39 is 0 Å². The summed E-state index contributed by atoms with van der Waals surface area (Å²) in [6, 6.07) is 2.42. The first-order chi connectivity index (χ1) is 10.1. The summed E-state index contributed by atoms with van der Waals surface area (Å²) < 4.78 is 2.93. The molecule has 0 saturated heterocycles. The second kappa shape index (κ2) is 7.71. The van der Waals surface area contributed by atoms with Gasteiger partial charge in [-0.1, -0.05) is 13.8 Å². The summed E-state index contributed by atoms with van der Waals surface area (Å²) >= 11 is 3.49. The zero-order chi connectivity index (χ0) is 15.2. The van der Waals surface area contributed by atoms with Crippen molar-refractivity contribution in [3.63, 3.8) is 0 Å². The Labute approximate surface area is 135 Å². The van der Waals surface area contributed by atoms with Crippen molar-refractivity contribution in [2.75, 3.05) is 6.54 Å². The van der Waals surface area contributed by atoms with Gasteiger partial charge < -0.3 is 5.32 Å². The van der Waals surface area contributed by atoms with Crippen molar-refractivity contribution in [1.82, 2.24) is 20.1 Å². The Kier molecular flexibility index (Phi) is 5.94. The quantitative estimate of drug-likeness (QED) is 0.831. The Bertz CT molecular complexity index is 579. The van der Waals surface area contributed by atoms with Crippen LogP contribution in [0.5, 0.6) is 0 Å². The summed E-state index contributed by atoms with van der Waals surface area (Å²) in [6.45, 7) is 5.35. The minimum atomic E-state index is 0.282. The normalized spacial score (nSPS) is 12.6. The van der Waals surface area contributed by atoms with Gasteiger partial charge in [0.2, 0.25) is 0 Å². The van der Waals surface area contributed by atoms with Crippen LogP contribution in [0, 0.1) is 0 Å². The molecule has 114 valence electrons. The average Bonchev–Trinajstić information content (AvgIpc) is 2.84. The number of halogens is 1. The molecule has 5 heteroatoms. The van der Waals surface area contributed by atoms with Crippen LogP contribution in [-0.4, -0.2) is 21.3 Å². The molecule has 2 aromatic rings. The minimum absolute atomic E-state index is 0.282. The average molecular weight is 351 g/mol. The van der Waals surface area contributed by atoms with Crippen molar-refractivity contribution < 1.29 is 0 Å². The third-order valence-corrected chi connectivity index (χ3v) is 3.92. The largest absolute Gasteiger partial charge is 0.310 e. The van der Waals surface area contributed by atoms with Crippen molar-refractivity contribution in [2.45, 2.75) is 39.2 Å². The van der Waals surface area contributed by atoms with Gasteiger partial charge in [-0.25, -0.2) is 0 Å². The molecular weight excluding hydrogens is 328 g/mol. The maximum Gasteiger partial charge on any atom is 0.0669 e. The smallest absolute Gasteiger partial charge is 0.0669 e. The zero-order valence-electron chi connectivity index (χ0n) is 12.9. The van der Waals surface area contributed by atoms with Crippen molar-refractivity contribution in [1.29, 1.82) is 0 Å². The van der Waals surface area contributed by atoms with Gasteiger partial charge in [-0.3, -0.25) is 9.67 Å². The van der Waals surface area contributed by atoms with E-state index in [9.17, 15) is 0 Å². The summed E-state index contributed by atoms with van der Waals surface area (Å²) in [7, 11) is 1.99. The van der Waals surface area contributed by atoms with Gasteiger partial charge >= 0.3 is 0 Å². The predicted octanol–water partition coefficient (Wildman–Crippen LogP) is 3.42. The summed E-state index contributed by atoms with van der Waals surface area (Å²) in [5.41, 5.74) is 3.70. The van der Waals surface area contributed by atoms with E-state index in [1.165, 1.54) is 16.8 Å². The molecule has 0 aliphatic heterocycles. The zero-order valence-corrected chi connectivity index (χ0v) is 14.5. The van der Waals surface area contributed by atoms with Gasteiger partial charge in [0.05, 0.1) is 5.69 Å². The second-order valence-corrected chi connectivity index (χ2v) is 6.20. The number of hydrogen-bond donors (Lipinski definition) is 1. The van der Waals surface area contributed by atoms with Gasteiger partial charge in [-0.05, 0) is 53.4 Å². The fourth-order valence-electron chi connectivity index (χ4n) is 2.53. The molecule has 0 aliphatic carbocycles. The van der Waals surface area contributed by atoms with E-state index in [0.717, 1.165) is 30.3 Å². The summed E-state index contributed by atoms with van der Waals surface area (Å²) in [6.07, 6.45) is 8.89. The Morgan fingerprint density at radius 1 is 1.33 bits per heavy atom. The number of aryl methyl sites for hydroxylation is 2. The van der Waals surface area contributed by atoms with E-state index in [4.69, 9.17) is 0 Å². The first-order valence-electron chi connectivity index (χ1n) is 7.49. The van der Waals surface area contributed by atoms with Crippen LogP contribution in [0.25, 0.3) is 0 Å². The lowest BCUT2D eigenvalue weighted by Gasteiger charge is -2.18. The lowest BCUT2D eigenvalue weighted by Crippen LogP contribution is -2.24. The van der Waals surface area contributed by atoms with E-state index in [-0.39, 0.29) is 6.04 Å². The second-order valence-electron chi connectivity index (χ2n) is 5.28. The standard InChI is InChI=1S/C16H23BrN4/c1-4-6-19-16(8-12-7-13(17)10-18-9-12)14-11-21(3)20-15(14)5-2/h7,9-11,16,19H,4-6,8H2,1-3H3. The molecule has 0 aliphatic rings. The Morgan fingerprint density at radius 2 is 2.14 bits per heavy atom. The van der Waals surface area contributed by atoms with Crippen LogP contribution in [0.2, 0.25) is 0 Å². The molecule has 0 fully saturated rings. The molecule has 1 unspecified atom stereocenters. The van der Waals surface area contributed by atoms with Crippen LogP contribution in [0.1, 0.15) is 43.1 Å². The lowest BCUT2D eigenvalue weighted by atomic mass is 9.99. The number of nitrogens with one attached hydrogen (secondary N) is 1. The van der Waals surface area contributed by atoms with Crippen LogP contribution in [-0.2, 0) is 19.9 Å². The molecule has 2 rings (SSSR count). The summed E-state index contributed by atoms with van der Waals surface area (Å²) in [5, 5.41) is 8.21. The molecule has 0 spiro atoms. The lowest BCUT2D eigenvalue weighted by molar-refractivity contribution is 0.525. The third kappa shape index (κ3) is 4.38. The van der Waals surface area contributed by atoms with E-state index in [1.54, 1.807) is 0 Å². The molecule has 4 nitrogen and oxygen atoms in total. The van der Waals surface area contributed by atoms with Crippen LogP contribution < -0.4 is 5.32 Å². The van der Waals surface area contributed by atoms with E-state index >= 15 is 0 Å². The molecule has 0 radical (unpaired) electrons. The van der Waals surface area contributed by atoms with Gasteiger partial charge in [0.25, 0.3) is 0 Å². The topological polar surface area (TPSA) is 42.7 Å². The molecule has 2 heterocycles.